The summed E-state index contributed by atoms with van der Waals surface area (Å²) in [6, 6.07) is 4.11. The molecule has 196 valence electrons. The molecule has 38 heavy (non-hydrogen) atoms. The van der Waals surface area contributed by atoms with E-state index in [1.807, 2.05) is 19.9 Å². The monoisotopic (exact) mass is 510 g/mol. The molecule has 8 bridgehead atoms. The van der Waals surface area contributed by atoms with E-state index in [0.29, 0.717) is 29.7 Å². The number of aromatic amines is 2. The number of hydrogen-bond acceptors (Lipinski definition) is 5. The lowest BCUT2D eigenvalue weighted by Gasteiger charge is -2.16. The summed E-state index contributed by atoms with van der Waals surface area (Å²) in [5, 5.41) is 0. The van der Waals surface area contributed by atoms with Gasteiger partial charge in [-0.2, -0.15) is 0 Å². The Morgan fingerprint density at radius 3 is 2.05 bits per heavy atom. The number of carbonyl (C=O) groups excluding carboxylic acids is 2. The summed E-state index contributed by atoms with van der Waals surface area (Å²) in [4.78, 5) is 43.3. The number of nitrogens with one attached hydrogen (secondary N) is 2. The van der Waals surface area contributed by atoms with Crippen LogP contribution < -0.4 is 4.74 Å². The van der Waals surface area contributed by atoms with Crippen molar-refractivity contribution in [2.24, 2.45) is 0 Å². The van der Waals surface area contributed by atoms with Crippen LogP contribution in [0, 0.1) is 13.8 Å². The average Bonchev–Trinajstić information content (AvgIpc) is 3.56. The maximum absolute atomic E-state index is 13.2. The lowest BCUT2D eigenvalue weighted by Crippen LogP contribution is -2.15. The van der Waals surface area contributed by atoms with Crippen LogP contribution >= 0.6 is 0 Å². The van der Waals surface area contributed by atoms with E-state index in [-0.39, 0.29) is 22.4 Å². The smallest absolute Gasteiger partial charge is 0.169 e. The Morgan fingerprint density at radius 2 is 1.45 bits per heavy atom. The first-order chi connectivity index (χ1) is 17.8. The molecule has 7 nitrogen and oxygen atoms in total. The van der Waals surface area contributed by atoms with Gasteiger partial charge in [0.05, 0.1) is 23.8 Å². The van der Waals surface area contributed by atoms with E-state index in [1.54, 1.807) is 14.0 Å². The molecule has 3 aromatic rings. The number of rotatable bonds is 2. The maximum atomic E-state index is 13.2. The molecule has 0 aromatic carbocycles. The van der Waals surface area contributed by atoms with Crippen LogP contribution in [0.25, 0.3) is 22.1 Å². The number of hydrogen-bond donors (Lipinski definition) is 2. The molecule has 0 spiro atoms. The quantitative estimate of drug-likeness (QED) is 0.417. The third-order valence-corrected chi connectivity index (χ3v) is 8.57. The van der Waals surface area contributed by atoms with E-state index in [2.05, 4.69) is 43.7 Å². The van der Waals surface area contributed by atoms with Gasteiger partial charge in [0.15, 0.2) is 17.3 Å². The molecule has 5 heterocycles. The van der Waals surface area contributed by atoms with Gasteiger partial charge < -0.3 is 14.7 Å². The molecule has 3 aliphatic rings. The molecular formula is C31H34N4O3. The number of H-pyrrole nitrogens is 2. The van der Waals surface area contributed by atoms with E-state index < -0.39 is 0 Å². The van der Waals surface area contributed by atoms with Crippen LogP contribution in [0.5, 0.6) is 5.75 Å². The minimum atomic E-state index is -0.262. The number of ether oxygens (including phenoxy) is 1. The van der Waals surface area contributed by atoms with Crippen molar-refractivity contribution in [3.05, 3.63) is 62.7 Å². The molecule has 2 aliphatic heterocycles. The number of methoxy groups -OCH3 is 1. The minimum Gasteiger partial charge on any atom is -0.493 e. The standard InChI is InChI=1S/C31H34N4O3/c1-14-18-10-23-30(4,5)12-20(32-23)17-9-22(37)26-15(2)19(34-27(17)26)11-24-31(6,7)13-21(33-24)29(38-8)28(35-18)25(14)16(3)36/h10-11,34-35H,9,12-13H2,1-8H3. The summed E-state index contributed by atoms with van der Waals surface area (Å²) in [6.45, 7) is 14.2. The summed E-state index contributed by atoms with van der Waals surface area (Å²) in [6.07, 6.45) is 1.75. The third-order valence-electron chi connectivity index (χ3n) is 8.57. The van der Waals surface area contributed by atoms with Gasteiger partial charge in [-0.05, 0) is 44.0 Å². The summed E-state index contributed by atoms with van der Waals surface area (Å²) in [5.41, 5.74) is 10.5. The Balaban J connectivity index is 1.86. The van der Waals surface area contributed by atoms with Gasteiger partial charge in [-0.1, -0.05) is 27.7 Å². The lowest BCUT2D eigenvalue weighted by molar-refractivity contribution is 0.0995. The molecule has 2 N–H and O–H groups in total. The zero-order valence-electron chi connectivity index (χ0n) is 23.4. The molecule has 0 radical (unpaired) electrons. The molecule has 7 heteroatoms. The number of nitrogens with zero attached hydrogens (tertiary/aromatic N) is 2. The van der Waals surface area contributed by atoms with E-state index in [1.165, 1.54) is 0 Å². The van der Waals surface area contributed by atoms with Crippen LogP contribution in [-0.2, 0) is 30.1 Å². The van der Waals surface area contributed by atoms with Gasteiger partial charge in [-0.3, -0.25) is 19.6 Å². The van der Waals surface area contributed by atoms with Crippen molar-refractivity contribution in [1.29, 1.82) is 0 Å². The molecule has 0 fully saturated rings. The fraction of sp³-hybridized carbons (Fsp3) is 0.419. The largest absolute Gasteiger partial charge is 0.493 e. The number of carbonyl (C=O) groups is 2. The van der Waals surface area contributed by atoms with E-state index in [4.69, 9.17) is 14.7 Å². The highest BCUT2D eigenvalue weighted by Gasteiger charge is 2.36. The van der Waals surface area contributed by atoms with Gasteiger partial charge in [-0.15, -0.1) is 0 Å². The van der Waals surface area contributed by atoms with Gasteiger partial charge in [0.25, 0.3) is 0 Å². The van der Waals surface area contributed by atoms with Crippen molar-refractivity contribution < 1.29 is 14.3 Å². The maximum Gasteiger partial charge on any atom is 0.169 e. The number of aryl methyl sites for hydroxylation is 2. The highest BCUT2D eigenvalue weighted by molar-refractivity contribution is 6.13. The summed E-state index contributed by atoms with van der Waals surface area (Å²) in [5.74, 6) is 0.683. The minimum absolute atomic E-state index is 0.0314. The van der Waals surface area contributed by atoms with E-state index >= 15 is 0 Å². The highest BCUT2D eigenvalue weighted by atomic mass is 16.5. The van der Waals surface area contributed by atoms with E-state index in [9.17, 15) is 9.59 Å². The highest BCUT2D eigenvalue weighted by Crippen LogP contribution is 2.41. The predicted molar refractivity (Wildman–Crippen MR) is 149 cm³/mol. The first kappa shape index (κ1) is 24.6. The SMILES string of the molecule is COc1c2nc(cc3[nH]c4c(c5nc(cc6[nH]c1c(C(C)=O)c6C)C(C)(C)C5)CC(=O)c4c3C)C(C)(C)C2. The van der Waals surface area contributed by atoms with Crippen LogP contribution in [0.15, 0.2) is 12.1 Å². The van der Waals surface area contributed by atoms with Crippen molar-refractivity contribution in [3.8, 4) is 5.75 Å². The zero-order chi connectivity index (χ0) is 27.3. The summed E-state index contributed by atoms with van der Waals surface area (Å²) in [7, 11) is 1.63. The lowest BCUT2D eigenvalue weighted by atomic mass is 9.86. The van der Waals surface area contributed by atoms with Crippen LogP contribution in [0.3, 0.4) is 0 Å². The summed E-state index contributed by atoms with van der Waals surface area (Å²) < 4.78 is 5.94. The Bertz CT molecular complexity index is 1750. The van der Waals surface area contributed by atoms with Gasteiger partial charge in [-0.25, -0.2) is 0 Å². The average molecular weight is 511 g/mol. The molecule has 0 saturated heterocycles. The van der Waals surface area contributed by atoms with Crippen molar-refractivity contribution >= 4 is 33.6 Å². The van der Waals surface area contributed by atoms with Crippen LogP contribution in [0.2, 0.25) is 0 Å². The number of Topliss-reactive ketones (excluding diaryl/α,β-unsaturated/α-hetero) is 2. The second-order valence-electron chi connectivity index (χ2n) is 12.3. The number of ketones is 2. The van der Waals surface area contributed by atoms with Gasteiger partial charge in [0, 0.05) is 74.9 Å². The van der Waals surface area contributed by atoms with Crippen molar-refractivity contribution in [1.82, 2.24) is 19.9 Å². The second kappa shape index (κ2) is 7.88. The normalized spacial score (nSPS) is 17.2. The van der Waals surface area contributed by atoms with Crippen LogP contribution in [-0.4, -0.2) is 38.6 Å². The number of aromatic nitrogens is 4. The summed E-state index contributed by atoms with van der Waals surface area (Å²) >= 11 is 0. The van der Waals surface area contributed by atoms with Crippen molar-refractivity contribution in [2.45, 2.75) is 78.6 Å². The molecule has 6 rings (SSSR count). The first-order valence-electron chi connectivity index (χ1n) is 13.2. The molecule has 0 unspecified atom stereocenters. The molecular weight excluding hydrogens is 476 g/mol. The molecule has 1 aliphatic carbocycles. The van der Waals surface area contributed by atoms with E-state index in [0.717, 1.165) is 68.0 Å². The third kappa shape index (κ3) is 3.40. The Morgan fingerprint density at radius 1 is 0.895 bits per heavy atom. The fourth-order valence-corrected chi connectivity index (χ4v) is 6.37. The molecule has 3 aromatic heterocycles. The Kier molecular flexibility index (Phi) is 5.10. The van der Waals surface area contributed by atoms with Crippen LogP contribution in [0.4, 0.5) is 0 Å². The Labute approximate surface area is 222 Å². The zero-order valence-corrected chi connectivity index (χ0v) is 23.4. The molecule has 0 amide bonds. The number of fused-ring (bicyclic) bond motifs is 8. The predicted octanol–water partition coefficient (Wildman–Crippen LogP) is 5.92. The van der Waals surface area contributed by atoms with Crippen molar-refractivity contribution in [2.75, 3.05) is 7.11 Å². The van der Waals surface area contributed by atoms with Crippen LogP contribution in [0.1, 0.15) is 94.8 Å². The van der Waals surface area contributed by atoms with Gasteiger partial charge in [0.1, 0.15) is 0 Å². The fourth-order valence-electron chi connectivity index (χ4n) is 6.37. The van der Waals surface area contributed by atoms with Crippen molar-refractivity contribution in [3.63, 3.8) is 0 Å². The molecule has 0 atom stereocenters. The Hall–Kier alpha value is -3.74. The van der Waals surface area contributed by atoms with Gasteiger partial charge in [0.2, 0.25) is 0 Å². The molecule has 0 saturated carbocycles. The topological polar surface area (TPSA) is 101 Å². The first-order valence-corrected chi connectivity index (χ1v) is 13.2. The second-order valence-corrected chi connectivity index (χ2v) is 12.3. The van der Waals surface area contributed by atoms with Gasteiger partial charge >= 0.3 is 0 Å².